The van der Waals surface area contributed by atoms with Crippen LogP contribution in [0.5, 0.6) is 0 Å². The molecule has 0 amide bonds. The van der Waals surface area contributed by atoms with Crippen molar-refractivity contribution in [2.75, 3.05) is 6.61 Å². The van der Waals surface area contributed by atoms with E-state index in [2.05, 4.69) is 30.1 Å². The molecule has 0 aliphatic rings. The van der Waals surface area contributed by atoms with Crippen molar-refractivity contribution in [2.24, 2.45) is 0 Å². The molecule has 0 aliphatic carbocycles. The van der Waals surface area contributed by atoms with E-state index in [1.165, 1.54) is 40.5 Å². The van der Waals surface area contributed by atoms with Crippen LogP contribution in [0.3, 0.4) is 0 Å². The van der Waals surface area contributed by atoms with Gasteiger partial charge in [-0.1, -0.05) is 7.43 Å². The molecule has 172 valence electrons. The zero-order valence-electron chi connectivity index (χ0n) is 17.6. The zero-order valence-corrected chi connectivity index (χ0v) is 17.6. The molecule has 1 N–H and O–H groups in total. The summed E-state index contributed by atoms with van der Waals surface area (Å²) in [5, 5.41) is 17.2. The molecule has 12 heteroatoms. The van der Waals surface area contributed by atoms with Crippen molar-refractivity contribution in [3.63, 3.8) is 0 Å². The van der Waals surface area contributed by atoms with Crippen LogP contribution >= 0.6 is 0 Å². The minimum atomic E-state index is -1.03. The maximum atomic E-state index is 11.7. The molecule has 0 unspecified atom stereocenters. The number of carbonyl (C=O) groups excluding carboxylic acids is 1. The van der Waals surface area contributed by atoms with Crippen molar-refractivity contribution >= 4 is 11.9 Å². The molecule has 4 aromatic rings. The molecule has 0 bridgehead atoms. The smallest absolute Gasteiger partial charge is 0.357 e. The van der Waals surface area contributed by atoms with Crippen molar-refractivity contribution in [2.45, 2.75) is 28.2 Å². The van der Waals surface area contributed by atoms with Crippen LogP contribution in [0, 0.1) is 13.8 Å². The first-order valence-corrected chi connectivity index (χ1v) is 9.45. The molecule has 4 aromatic heterocycles. The van der Waals surface area contributed by atoms with Crippen molar-refractivity contribution in [1.29, 1.82) is 0 Å². The lowest BCUT2D eigenvalue weighted by Crippen LogP contribution is -2.12. The van der Waals surface area contributed by atoms with Gasteiger partial charge in [0.2, 0.25) is 0 Å². The SMILES string of the molecule is C.CCOC(=O)c1cc(C)nn1-c1cncnc1.Cc1cc(C(=O)O)n(-c2cncnc2)n1. The third-order valence-electron chi connectivity index (χ3n) is 3.95. The normalized spacial score (nSPS) is 9.91. The number of aromatic nitrogens is 8. The highest BCUT2D eigenvalue weighted by molar-refractivity contribution is 5.88. The highest BCUT2D eigenvalue weighted by Gasteiger charge is 2.16. The van der Waals surface area contributed by atoms with Gasteiger partial charge in [-0.25, -0.2) is 38.9 Å². The van der Waals surface area contributed by atoms with Gasteiger partial charge in [0.25, 0.3) is 0 Å². The molecule has 0 aliphatic heterocycles. The summed E-state index contributed by atoms with van der Waals surface area (Å²) in [4.78, 5) is 38.0. The molecular formula is C21H24N8O4. The molecular weight excluding hydrogens is 428 g/mol. The number of carboxylic acids is 1. The maximum absolute atomic E-state index is 11.7. The van der Waals surface area contributed by atoms with Crippen LogP contribution < -0.4 is 0 Å². The summed E-state index contributed by atoms with van der Waals surface area (Å²) in [6.07, 6.45) is 8.98. The fourth-order valence-corrected chi connectivity index (χ4v) is 2.70. The van der Waals surface area contributed by atoms with Crippen LogP contribution in [0.1, 0.15) is 46.7 Å². The quantitative estimate of drug-likeness (QED) is 0.447. The monoisotopic (exact) mass is 452 g/mol. The van der Waals surface area contributed by atoms with E-state index in [4.69, 9.17) is 9.84 Å². The number of hydrogen-bond donors (Lipinski definition) is 1. The Morgan fingerprint density at radius 3 is 1.70 bits per heavy atom. The average Bonchev–Trinajstić information content (AvgIpc) is 3.39. The number of carboxylic acid groups (broad SMARTS) is 1. The van der Waals surface area contributed by atoms with E-state index in [0.29, 0.717) is 29.4 Å². The minimum absolute atomic E-state index is 0. The van der Waals surface area contributed by atoms with Crippen LogP contribution in [0.25, 0.3) is 11.4 Å². The Labute approximate surface area is 189 Å². The van der Waals surface area contributed by atoms with Gasteiger partial charge in [-0.2, -0.15) is 10.2 Å². The largest absolute Gasteiger partial charge is 0.477 e. The summed E-state index contributed by atoms with van der Waals surface area (Å²) in [5.74, 6) is -1.43. The fraction of sp³-hybridized carbons (Fsp3) is 0.238. The summed E-state index contributed by atoms with van der Waals surface area (Å²) >= 11 is 0. The average molecular weight is 452 g/mol. The number of hydrogen-bond acceptors (Lipinski definition) is 9. The van der Waals surface area contributed by atoms with Crippen molar-refractivity contribution in [3.8, 4) is 11.4 Å². The summed E-state index contributed by atoms with van der Waals surface area (Å²) in [5.41, 5.74) is 3.00. The van der Waals surface area contributed by atoms with Crippen LogP contribution in [-0.4, -0.2) is 63.1 Å². The summed E-state index contributed by atoms with van der Waals surface area (Å²) in [7, 11) is 0. The molecule has 0 fully saturated rings. The highest BCUT2D eigenvalue weighted by atomic mass is 16.5. The van der Waals surface area contributed by atoms with Gasteiger partial charge in [0.15, 0.2) is 11.4 Å². The number of aromatic carboxylic acids is 1. The number of carbonyl (C=O) groups is 2. The Kier molecular flexibility index (Phi) is 8.43. The second-order valence-electron chi connectivity index (χ2n) is 6.38. The van der Waals surface area contributed by atoms with Gasteiger partial charge in [-0.15, -0.1) is 0 Å². The molecule has 4 heterocycles. The lowest BCUT2D eigenvalue weighted by atomic mass is 10.3. The van der Waals surface area contributed by atoms with Gasteiger partial charge in [-0.05, 0) is 32.9 Å². The van der Waals surface area contributed by atoms with Gasteiger partial charge in [-0.3, -0.25) is 0 Å². The number of esters is 1. The first-order chi connectivity index (χ1) is 15.4. The minimum Gasteiger partial charge on any atom is -0.477 e. The van der Waals surface area contributed by atoms with E-state index in [9.17, 15) is 9.59 Å². The molecule has 33 heavy (non-hydrogen) atoms. The lowest BCUT2D eigenvalue weighted by molar-refractivity contribution is 0.0515. The van der Waals surface area contributed by atoms with Crippen molar-refractivity contribution < 1.29 is 19.4 Å². The second kappa shape index (κ2) is 11.2. The molecule has 0 atom stereocenters. The number of nitrogens with zero attached hydrogens (tertiary/aromatic N) is 8. The Bertz CT molecular complexity index is 1210. The predicted octanol–water partition coefficient (Wildman–Crippen LogP) is 2.45. The van der Waals surface area contributed by atoms with Crippen LogP contribution in [-0.2, 0) is 4.74 Å². The van der Waals surface area contributed by atoms with Gasteiger partial charge >= 0.3 is 11.9 Å². The fourth-order valence-electron chi connectivity index (χ4n) is 2.70. The number of ether oxygens (including phenoxy) is 1. The lowest BCUT2D eigenvalue weighted by Gasteiger charge is -2.05. The van der Waals surface area contributed by atoms with Gasteiger partial charge in [0.1, 0.15) is 24.0 Å². The zero-order chi connectivity index (χ0) is 23.1. The summed E-state index contributed by atoms with van der Waals surface area (Å²) < 4.78 is 7.75. The van der Waals surface area contributed by atoms with Crippen molar-refractivity contribution in [3.05, 3.63) is 72.4 Å². The Hall–Kier alpha value is -4.48. The second-order valence-corrected chi connectivity index (χ2v) is 6.38. The summed E-state index contributed by atoms with van der Waals surface area (Å²) in [6, 6.07) is 3.17. The predicted molar refractivity (Wildman–Crippen MR) is 117 cm³/mol. The Morgan fingerprint density at radius 2 is 1.27 bits per heavy atom. The van der Waals surface area contributed by atoms with E-state index in [1.807, 2.05) is 6.92 Å². The molecule has 4 rings (SSSR count). The molecule has 0 aromatic carbocycles. The summed E-state index contributed by atoms with van der Waals surface area (Å²) in [6.45, 7) is 5.63. The number of aryl methyl sites for hydroxylation is 2. The van der Waals surface area contributed by atoms with E-state index in [-0.39, 0.29) is 13.1 Å². The van der Waals surface area contributed by atoms with Crippen molar-refractivity contribution in [1.82, 2.24) is 39.5 Å². The highest BCUT2D eigenvalue weighted by Crippen LogP contribution is 2.12. The van der Waals surface area contributed by atoms with Crippen LogP contribution in [0.15, 0.2) is 49.6 Å². The van der Waals surface area contributed by atoms with Crippen LogP contribution in [0.4, 0.5) is 0 Å². The Morgan fingerprint density at radius 1 is 0.848 bits per heavy atom. The standard InChI is InChI=1S/C11H12N4O2.C9H8N4O2.CH4/c1-3-17-11(16)10-4-8(2)14-15(10)9-5-12-7-13-6-9;1-6-2-8(9(14)15)13(12-6)7-3-10-5-11-4-7;/h4-7H,3H2,1-2H3;2-5H,1H3,(H,14,15);1H4. The molecule has 0 saturated carbocycles. The topological polar surface area (TPSA) is 151 Å². The Balaban J connectivity index is 0.000000228. The maximum Gasteiger partial charge on any atom is 0.357 e. The van der Waals surface area contributed by atoms with Crippen LogP contribution in [0.2, 0.25) is 0 Å². The molecule has 12 nitrogen and oxygen atoms in total. The van der Waals surface area contributed by atoms with E-state index in [0.717, 1.165) is 5.69 Å². The molecule has 0 saturated heterocycles. The van der Waals surface area contributed by atoms with E-state index < -0.39 is 11.9 Å². The molecule has 0 spiro atoms. The first kappa shape index (κ1) is 24.8. The van der Waals surface area contributed by atoms with Gasteiger partial charge in [0.05, 0.1) is 42.8 Å². The third kappa shape index (κ3) is 6.03. The van der Waals surface area contributed by atoms with Gasteiger partial charge < -0.3 is 9.84 Å². The molecule has 0 radical (unpaired) electrons. The number of rotatable bonds is 5. The third-order valence-corrected chi connectivity index (χ3v) is 3.95. The van der Waals surface area contributed by atoms with Gasteiger partial charge in [0, 0.05) is 0 Å². The first-order valence-electron chi connectivity index (χ1n) is 9.45. The van der Waals surface area contributed by atoms with E-state index >= 15 is 0 Å². The van der Waals surface area contributed by atoms with E-state index in [1.54, 1.807) is 32.3 Å².